The van der Waals surface area contributed by atoms with E-state index in [1.54, 1.807) is 23.3 Å². The van der Waals surface area contributed by atoms with E-state index in [1.165, 1.54) is 0 Å². The normalized spacial score (nSPS) is 10.1. The number of halogens is 3. The molecule has 4 nitrogen and oxygen atoms in total. The van der Waals surface area contributed by atoms with Gasteiger partial charge in [-0.3, -0.25) is 4.79 Å². The predicted molar refractivity (Wildman–Crippen MR) is 52.0 cm³/mol. The molecule has 0 saturated heterocycles. The van der Waals surface area contributed by atoms with Crippen LogP contribution >= 0.6 is 30.3 Å². The van der Waals surface area contributed by atoms with Gasteiger partial charge in [0.2, 0.25) is 0 Å². The maximum absolute atomic E-state index is 10.1. The van der Waals surface area contributed by atoms with Gasteiger partial charge in [-0.1, -0.05) is 0 Å². The minimum atomic E-state index is -1.33. The van der Waals surface area contributed by atoms with Crippen LogP contribution < -0.4 is 0 Å². The number of rotatable bonds is 3. The molecule has 0 aromatic carbocycles. The molecule has 0 amide bonds. The van der Waals surface area contributed by atoms with Gasteiger partial charge in [-0.05, 0) is 0 Å². The molecule has 14 heavy (non-hydrogen) atoms. The van der Waals surface area contributed by atoms with Crippen LogP contribution in [0.25, 0.3) is 0 Å². The summed E-state index contributed by atoms with van der Waals surface area (Å²) in [6.45, 7) is 0.495. The second-order valence-electron chi connectivity index (χ2n) is 2.10. The van der Waals surface area contributed by atoms with Gasteiger partial charge in [0.1, 0.15) is 0 Å². The Morgan fingerprint density at radius 1 is 1.50 bits per heavy atom. The van der Waals surface area contributed by atoms with Crippen LogP contribution in [0.15, 0.2) is 18.7 Å². The van der Waals surface area contributed by atoms with E-state index in [9.17, 15) is 4.79 Å². The summed E-state index contributed by atoms with van der Waals surface area (Å²) < 4.78 is 1.73. The Bertz CT molecular complexity index is 253. The third-order valence-electron chi connectivity index (χ3n) is 1.14. The third kappa shape index (κ3) is 10.2. The molecule has 83 valence electrons. The zero-order chi connectivity index (χ0) is 11.0. The molecule has 1 N–H and O–H groups in total. The number of carboxylic acid groups (broad SMARTS) is 1. The standard InChI is InChI=1S/C6H8N2O2.3ClH.Fe/c9-6(10)1-3-8-4-2-7-5-8;;;;/h2,4-5H,1,3H2,(H,9,10);3*1H;/q;;;;+3/p-3. The van der Waals surface area contributed by atoms with Gasteiger partial charge in [0.15, 0.2) is 0 Å². The van der Waals surface area contributed by atoms with Crippen molar-refractivity contribution < 1.29 is 21.1 Å². The van der Waals surface area contributed by atoms with Crippen molar-refractivity contribution in [1.82, 2.24) is 9.55 Å². The first-order valence-electron chi connectivity index (χ1n) is 3.36. The molecule has 0 spiro atoms. The summed E-state index contributed by atoms with van der Waals surface area (Å²) in [7, 11) is 14.7. The number of imidazole rings is 1. The summed E-state index contributed by atoms with van der Waals surface area (Å²) in [5.74, 6) is -0.784. The first-order chi connectivity index (χ1) is 6.52. The van der Waals surface area contributed by atoms with Crippen molar-refractivity contribution in [1.29, 1.82) is 0 Å². The quantitative estimate of drug-likeness (QED) is 0.873. The van der Waals surface area contributed by atoms with Crippen LogP contribution in [0.5, 0.6) is 0 Å². The molecule has 1 aromatic heterocycles. The van der Waals surface area contributed by atoms with Crippen LogP contribution in [0.4, 0.5) is 0 Å². The summed E-state index contributed by atoms with van der Waals surface area (Å²) in [6.07, 6.45) is 5.12. The SMILES string of the molecule is O=C(O)CCn1ccnc1.[Cl][Fe]([Cl])[Cl]. The van der Waals surface area contributed by atoms with Crippen molar-refractivity contribution in [2.24, 2.45) is 0 Å². The molecule has 0 atom stereocenters. The average Bonchev–Trinajstić information content (AvgIpc) is 2.51. The van der Waals surface area contributed by atoms with Crippen LogP contribution in [0.2, 0.25) is 0 Å². The second-order valence-corrected chi connectivity index (χ2v) is 7.57. The zero-order valence-electron chi connectivity index (χ0n) is 6.88. The molecule has 0 aliphatic heterocycles. The summed E-state index contributed by atoms with van der Waals surface area (Å²) in [4.78, 5) is 13.8. The van der Waals surface area contributed by atoms with Gasteiger partial charge < -0.3 is 9.67 Å². The Balaban J connectivity index is 0.000000364. The maximum atomic E-state index is 10.1. The Hall–Kier alpha value is 0.0695. The minimum absolute atomic E-state index is 0.149. The van der Waals surface area contributed by atoms with Crippen molar-refractivity contribution in [2.75, 3.05) is 0 Å². The van der Waals surface area contributed by atoms with Crippen LogP contribution in [-0.2, 0) is 22.5 Å². The van der Waals surface area contributed by atoms with Gasteiger partial charge in [0, 0.05) is 18.9 Å². The summed E-state index contributed by atoms with van der Waals surface area (Å²) >= 11 is -1.33. The fourth-order valence-corrected chi connectivity index (χ4v) is 0.644. The van der Waals surface area contributed by atoms with Gasteiger partial charge in [-0.15, -0.1) is 0 Å². The predicted octanol–water partition coefficient (Wildman–Crippen LogP) is 2.42. The first kappa shape index (κ1) is 14.1. The number of carboxylic acids is 1. The molecular weight excluding hydrogens is 294 g/mol. The van der Waals surface area contributed by atoms with Gasteiger partial charge >= 0.3 is 47.4 Å². The van der Waals surface area contributed by atoms with Crippen LogP contribution in [0, 0.1) is 0 Å². The molecule has 0 saturated carbocycles. The molecule has 0 aliphatic carbocycles. The Morgan fingerprint density at radius 3 is 2.43 bits per heavy atom. The molecule has 0 aliphatic rings. The fraction of sp³-hybridized carbons (Fsp3) is 0.333. The molecule has 1 rings (SSSR count). The molecule has 0 unspecified atom stereocenters. The summed E-state index contributed by atoms with van der Waals surface area (Å²) in [5.41, 5.74) is 0. The Labute approximate surface area is 98.3 Å². The number of aliphatic carboxylic acids is 1. The van der Waals surface area contributed by atoms with Crippen LogP contribution in [0.3, 0.4) is 0 Å². The van der Waals surface area contributed by atoms with Gasteiger partial charge in [-0.2, -0.15) is 0 Å². The number of carbonyl (C=O) groups is 1. The van der Waals surface area contributed by atoms with Gasteiger partial charge in [0.05, 0.1) is 12.7 Å². The monoisotopic (exact) mass is 301 g/mol. The summed E-state index contributed by atoms with van der Waals surface area (Å²) in [5, 5.41) is 8.28. The number of aryl methyl sites for hydroxylation is 1. The van der Waals surface area contributed by atoms with Crippen LogP contribution in [0.1, 0.15) is 6.42 Å². The van der Waals surface area contributed by atoms with E-state index in [-0.39, 0.29) is 6.42 Å². The molecule has 1 aromatic rings. The van der Waals surface area contributed by atoms with Crippen molar-refractivity contribution in [3.05, 3.63) is 18.7 Å². The average molecular weight is 302 g/mol. The number of aromatic nitrogens is 2. The van der Waals surface area contributed by atoms with E-state index in [1.807, 2.05) is 0 Å². The van der Waals surface area contributed by atoms with Crippen molar-refractivity contribution in [3.8, 4) is 0 Å². The van der Waals surface area contributed by atoms with E-state index >= 15 is 0 Å². The fourth-order valence-electron chi connectivity index (χ4n) is 0.644. The van der Waals surface area contributed by atoms with E-state index in [4.69, 9.17) is 35.4 Å². The van der Waals surface area contributed by atoms with Gasteiger partial charge in [-0.25, -0.2) is 4.98 Å². The van der Waals surface area contributed by atoms with E-state index in [0.717, 1.165) is 0 Å². The molecule has 8 heteroatoms. The molecule has 0 bridgehead atoms. The van der Waals surface area contributed by atoms with Crippen molar-refractivity contribution >= 4 is 36.3 Å². The third-order valence-corrected chi connectivity index (χ3v) is 1.14. The number of hydrogen-bond acceptors (Lipinski definition) is 2. The van der Waals surface area contributed by atoms with Crippen LogP contribution in [-0.4, -0.2) is 20.6 Å². The van der Waals surface area contributed by atoms with Crippen molar-refractivity contribution in [2.45, 2.75) is 13.0 Å². The molecule has 1 heterocycles. The molecule has 0 fully saturated rings. The van der Waals surface area contributed by atoms with E-state index < -0.39 is 17.1 Å². The Morgan fingerprint density at radius 2 is 2.07 bits per heavy atom. The van der Waals surface area contributed by atoms with Crippen molar-refractivity contribution in [3.63, 3.8) is 0 Å². The molecular formula is C6H8Cl3FeN2O2. The van der Waals surface area contributed by atoms with E-state index in [2.05, 4.69) is 4.98 Å². The topological polar surface area (TPSA) is 55.1 Å². The second kappa shape index (κ2) is 8.38. The molecule has 0 radical (unpaired) electrons. The van der Waals surface area contributed by atoms with Gasteiger partial charge in [0.25, 0.3) is 0 Å². The zero-order valence-corrected chi connectivity index (χ0v) is 10.3. The summed E-state index contributed by atoms with van der Waals surface area (Å²) in [6, 6.07) is 0. The number of hydrogen-bond donors (Lipinski definition) is 1. The van der Waals surface area contributed by atoms with E-state index in [0.29, 0.717) is 6.54 Å². The first-order valence-corrected chi connectivity index (χ1v) is 7.92. The number of nitrogens with zero attached hydrogens (tertiary/aromatic N) is 2. The Kier molecular flexibility index (Phi) is 8.43.